The smallest absolute Gasteiger partial charge is 0.308 e. The Kier molecular flexibility index (Phi) is 5.29. The average molecular weight is 354 g/mol. The van der Waals surface area contributed by atoms with E-state index < -0.39 is 21.9 Å². The summed E-state index contributed by atoms with van der Waals surface area (Å²) in [4.78, 5) is 25.2. The van der Waals surface area contributed by atoms with Gasteiger partial charge in [-0.1, -0.05) is 13.0 Å². The molecule has 24 heavy (non-hydrogen) atoms. The molecule has 1 fully saturated rings. The van der Waals surface area contributed by atoms with Gasteiger partial charge in [-0.2, -0.15) is 0 Å². The van der Waals surface area contributed by atoms with Crippen LogP contribution in [-0.4, -0.2) is 49.4 Å². The largest absolute Gasteiger partial charge is 0.481 e. The number of carbonyl (C=O) groups excluding carboxylic acids is 1. The van der Waals surface area contributed by atoms with Crippen LogP contribution in [0.15, 0.2) is 29.2 Å². The summed E-state index contributed by atoms with van der Waals surface area (Å²) in [5.74, 6) is -2.01. The van der Waals surface area contributed by atoms with Gasteiger partial charge in [0, 0.05) is 24.7 Å². The predicted molar refractivity (Wildman–Crippen MR) is 88.1 cm³/mol. The highest BCUT2D eigenvalue weighted by molar-refractivity contribution is 7.89. The SMILES string of the molecule is CC(C)NS(=O)(=O)c1cccc(C(=O)N2C[C@@H](C)[C@H](C(=O)O)C2)c1. The number of nitrogens with one attached hydrogen (secondary N) is 1. The maximum Gasteiger partial charge on any atom is 0.308 e. The number of likely N-dealkylation sites (tertiary alicyclic amines) is 1. The Morgan fingerprint density at radius 3 is 2.50 bits per heavy atom. The Bertz CT molecular complexity index is 745. The van der Waals surface area contributed by atoms with Crippen LogP contribution in [0, 0.1) is 11.8 Å². The van der Waals surface area contributed by atoms with Crippen molar-refractivity contribution in [3.05, 3.63) is 29.8 Å². The predicted octanol–water partition coefficient (Wildman–Crippen LogP) is 1.17. The fourth-order valence-electron chi connectivity index (χ4n) is 2.81. The summed E-state index contributed by atoms with van der Waals surface area (Å²) in [5.41, 5.74) is 0.236. The summed E-state index contributed by atoms with van der Waals surface area (Å²) in [7, 11) is -3.69. The maximum atomic E-state index is 12.6. The van der Waals surface area contributed by atoms with Gasteiger partial charge in [0.05, 0.1) is 10.8 Å². The van der Waals surface area contributed by atoms with Crippen molar-refractivity contribution < 1.29 is 23.1 Å². The van der Waals surface area contributed by atoms with Crippen LogP contribution < -0.4 is 4.72 Å². The van der Waals surface area contributed by atoms with E-state index in [1.807, 2.05) is 0 Å². The van der Waals surface area contributed by atoms with Crippen LogP contribution in [0.3, 0.4) is 0 Å². The van der Waals surface area contributed by atoms with Crippen LogP contribution in [0.25, 0.3) is 0 Å². The third-order valence-electron chi connectivity index (χ3n) is 4.00. The van der Waals surface area contributed by atoms with E-state index in [-0.39, 0.29) is 34.9 Å². The molecule has 1 saturated heterocycles. The summed E-state index contributed by atoms with van der Waals surface area (Å²) in [6.07, 6.45) is 0. The molecule has 132 valence electrons. The minimum Gasteiger partial charge on any atom is -0.481 e. The molecule has 7 nitrogen and oxygen atoms in total. The van der Waals surface area contributed by atoms with E-state index in [9.17, 15) is 18.0 Å². The van der Waals surface area contributed by atoms with Gasteiger partial charge in [0.15, 0.2) is 0 Å². The minimum atomic E-state index is -3.69. The molecule has 0 bridgehead atoms. The van der Waals surface area contributed by atoms with Crippen LogP contribution in [-0.2, 0) is 14.8 Å². The van der Waals surface area contributed by atoms with E-state index >= 15 is 0 Å². The first kappa shape index (κ1) is 18.4. The van der Waals surface area contributed by atoms with Gasteiger partial charge in [-0.25, -0.2) is 13.1 Å². The quantitative estimate of drug-likeness (QED) is 0.826. The van der Waals surface area contributed by atoms with E-state index in [1.165, 1.54) is 29.2 Å². The molecule has 1 aromatic carbocycles. The van der Waals surface area contributed by atoms with Crippen LogP contribution in [0.4, 0.5) is 0 Å². The number of hydrogen-bond donors (Lipinski definition) is 2. The molecule has 1 aromatic rings. The number of aliphatic carboxylic acids is 1. The second kappa shape index (κ2) is 6.90. The summed E-state index contributed by atoms with van der Waals surface area (Å²) < 4.78 is 26.9. The van der Waals surface area contributed by atoms with Crippen molar-refractivity contribution in [1.82, 2.24) is 9.62 Å². The Hall–Kier alpha value is -1.93. The zero-order chi connectivity index (χ0) is 18.1. The highest BCUT2D eigenvalue weighted by atomic mass is 32.2. The second-order valence-corrected chi connectivity index (χ2v) is 8.15. The molecule has 0 spiro atoms. The number of benzene rings is 1. The summed E-state index contributed by atoms with van der Waals surface area (Å²) >= 11 is 0. The summed E-state index contributed by atoms with van der Waals surface area (Å²) in [5, 5.41) is 9.16. The van der Waals surface area contributed by atoms with Gasteiger partial charge in [-0.05, 0) is 38.0 Å². The lowest BCUT2D eigenvalue weighted by atomic mass is 9.99. The normalized spacial score (nSPS) is 21.2. The third-order valence-corrected chi connectivity index (χ3v) is 5.66. The van der Waals surface area contributed by atoms with Gasteiger partial charge in [0.25, 0.3) is 5.91 Å². The molecule has 1 aliphatic rings. The van der Waals surface area contributed by atoms with Crippen molar-refractivity contribution in [1.29, 1.82) is 0 Å². The van der Waals surface area contributed by atoms with Crippen molar-refractivity contribution >= 4 is 21.9 Å². The van der Waals surface area contributed by atoms with E-state index in [1.54, 1.807) is 20.8 Å². The molecule has 0 saturated carbocycles. The topological polar surface area (TPSA) is 104 Å². The molecule has 0 aromatic heterocycles. The molecule has 0 aliphatic carbocycles. The number of sulfonamides is 1. The van der Waals surface area contributed by atoms with Gasteiger partial charge in [-0.3, -0.25) is 9.59 Å². The molecule has 0 radical (unpaired) electrons. The molecular weight excluding hydrogens is 332 g/mol. The second-order valence-electron chi connectivity index (χ2n) is 6.44. The number of hydrogen-bond acceptors (Lipinski definition) is 4. The number of rotatable bonds is 5. The number of carbonyl (C=O) groups is 2. The van der Waals surface area contributed by atoms with Crippen molar-refractivity contribution in [2.75, 3.05) is 13.1 Å². The fourth-order valence-corrected chi connectivity index (χ4v) is 4.11. The number of carboxylic acid groups (broad SMARTS) is 1. The molecule has 2 rings (SSSR count). The molecule has 0 unspecified atom stereocenters. The molecular formula is C16H22N2O5S. The molecule has 2 atom stereocenters. The van der Waals surface area contributed by atoms with Crippen LogP contribution in [0.2, 0.25) is 0 Å². The molecule has 2 N–H and O–H groups in total. The van der Waals surface area contributed by atoms with Crippen molar-refractivity contribution in [3.63, 3.8) is 0 Å². The first-order valence-electron chi connectivity index (χ1n) is 7.76. The average Bonchev–Trinajstić information content (AvgIpc) is 2.87. The van der Waals surface area contributed by atoms with Crippen LogP contribution in [0.5, 0.6) is 0 Å². The van der Waals surface area contributed by atoms with Crippen molar-refractivity contribution in [2.24, 2.45) is 11.8 Å². The van der Waals surface area contributed by atoms with Gasteiger partial charge < -0.3 is 10.0 Å². The Morgan fingerprint density at radius 1 is 1.29 bits per heavy atom. The first-order valence-corrected chi connectivity index (χ1v) is 9.24. The summed E-state index contributed by atoms with van der Waals surface area (Å²) in [6.45, 7) is 5.70. The molecule has 1 amide bonds. The zero-order valence-corrected chi connectivity index (χ0v) is 14.7. The van der Waals surface area contributed by atoms with E-state index in [0.717, 1.165) is 0 Å². The van der Waals surface area contributed by atoms with Crippen LogP contribution in [0.1, 0.15) is 31.1 Å². The lowest BCUT2D eigenvalue weighted by Gasteiger charge is -2.17. The molecule has 1 aliphatic heterocycles. The van der Waals surface area contributed by atoms with Crippen LogP contribution >= 0.6 is 0 Å². The van der Waals surface area contributed by atoms with Gasteiger partial charge in [-0.15, -0.1) is 0 Å². The lowest BCUT2D eigenvalue weighted by Crippen LogP contribution is -2.31. The standard InChI is InChI=1S/C16H22N2O5S/c1-10(2)17-24(22,23)13-6-4-5-12(7-13)15(19)18-8-11(3)14(9-18)16(20)21/h4-7,10-11,14,17H,8-9H2,1-3H3,(H,20,21)/t11-,14-/m1/s1. The van der Waals surface area contributed by atoms with Gasteiger partial charge in [0.2, 0.25) is 10.0 Å². The fraction of sp³-hybridized carbons (Fsp3) is 0.500. The lowest BCUT2D eigenvalue weighted by molar-refractivity contribution is -0.142. The van der Waals surface area contributed by atoms with Gasteiger partial charge in [0.1, 0.15) is 0 Å². The Morgan fingerprint density at radius 2 is 1.96 bits per heavy atom. The van der Waals surface area contributed by atoms with Crippen molar-refractivity contribution in [3.8, 4) is 0 Å². The minimum absolute atomic E-state index is 0.0177. The van der Waals surface area contributed by atoms with E-state index in [4.69, 9.17) is 5.11 Å². The third kappa shape index (κ3) is 3.93. The highest BCUT2D eigenvalue weighted by Crippen LogP contribution is 2.25. The maximum absolute atomic E-state index is 12.6. The highest BCUT2D eigenvalue weighted by Gasteiger charge is 2.37. The number of nitrogens with zero attached hydrogens (tertiary/aromatic N) is 1. The Labute approximate surface area is 141 Å². The van der Waals surface area contributed by atoms with Gasteiger partial charge >= 0.3 is 5.97 Å². The summed E-state index contributed by atoms with van der Waals surface area (Å²) in [6, 6.07) is 5.54. The Balaban J connectivity index is 2.23. The molecule has 8 heteroatoms. The molecule has 1 heterocycles. The zero-order valence-electron chi connectivity index (χ0n) is 13.9. The number of carboxylic acids is 1. The van der Waals surface area contributed by atoms with E-state index in [0.29, 0.717) is 6.54 Å². The van der Waals surface area contributed by atoms with Crippen molar-refractivity contribution in [2.45, 2.75) is 31.7 Å². The first-order chi connectivity index (χ1) is 11.1. The monoisotopic (exact) mass is 354 g/mol. The number of amides is 1. The van der Waals surface area contributed by atoms with E-state index in [2.05, 4.69) is 4.72 Å².